The number of methoxy groups -OCH3 is 3. The first-order chi connectivity index (χ1) is 12.2. The van der Waals surface area contributed by atoms with Crippen LogP contribution in [0.25, 0.3) is 10.8 Å². The first-order valence-corrected chi connectivity index (χ1v) is 7.84. The van der Waals surface area contributed by atoms with Crippen molar-refractivity contribution in [1.29, 1.82) is 0 Å². The van der Waals surface area contributed by atoms with Gasteiger partial charge >= 0.3 is 0 Å². The van der Waals surface area contributed by atoms with Gasteiger partial charge in [0, 0.05) is 35.4 Å². The smallest absolute Gasteiger partial charge is 0.172 e. The largest absolute Gasteiger partial charge is 0.496 e. The highest BCUT2D eigenvalue weighted by Gasteiger charge is 2.16. The van der Waals surface area contributed by atoms with E-state index < -0.39 is 0 Å². The molecule has 0 radical (unpaired) electrons. The minimum atomic E-state index is 0.552. The molecule has 130 valence electrons. The van der Waals surface area contributed by atoms with Crippen LogP contribution in [0, 0.1) is 0 Å². The highest BCUT2D eigenvalue weighted by Crippen LogP contribution is 2.42. The molecule has 6 heteroatoms. The van der Waals surface area contributed by atoms with Gasteiger partial charge in [-0.1, -0.05) is 18.2 Å². The third-order valence-electron chi connectivity index (χ3n) is 4.06. The molecule has 0 atom stereocenters. The molecule has 0 spiro atoms. The van der Waals surface area contributed by atoms with Crippen molar-refractivity contribution in [3.63, 3.8) is 0 Å². The Kier molecular flexibility index (Phi) is 4.79. The average Bonchev–Trinajstić information content (AvgIpc) is 2.66. The van der Waals surface area contributed by atoms with E-state index in [9.17, 15) is 0 Å². The van der Waals surface area contributed by atoms with Crippen molar-refractivity contribution >= 4 is 22.3 Å². The standard InChI is InChI=1S/C19H21N3O3/c1-23-15-7-5-4-6-12(15)11-22-19-17-13(8-9-21-19)14(20)10-16(24-2)18(17)25-3/h4-10H,11,20H2,1-3H3,(H,21,22). The lowest BCUT2D eigenvalue weighted by atomic mass is 10.1. The highest BCUT2D eigenvalue weighted by molar-refractivity contribution is 6.05. The van der Waals surface area contributed by atoms with Crippen LogP contribution in [0.2, 0.25) is 0 Å². The number of nitrogens with two attached hydrogens (primary N) is 1. The fourth-order valence-electron chi connectivity index (χ4n) is 2.86. The van der Waals surface area contributed by atoms with Gasteiger partial charge < -0.3 is 25.3 Å². The lowest BCUT2D eigenvalue weighted by Gasteiger charge is -2.16. The number of hydrogen-bond acceptors (Lipinski definition) is 6. The molecule has 0 fully saturated rings. The van der Waals surface area contributed by atoms with Crippen molar-refractivity contribution in [1.82, 2.24) is 4.98 Å². The zero-order valence-corrected chi connectivity index (χ0v) is 14.5. The summed E-state index contributed by atoms with van der Waals surface area (Å²) in [5.74, 6) is 2.66. The number of nitrogens with one attached hydrogen (secondary N) is 1. The van der Waals surface area contributed by atoms with Crippen LogP contribution in [0.1, 0.15) is 5.56 Å². The first-order valence-electron chi connectivity index (χ1n) is 7.84. The molecule has 3 rings (SSSR count). The summed E-state index contributed by atoms with van der Waals surface area (Å²) in [5, 5.41) is 4.99. The van der Waals surface area contributed by atoms with Gasteiger partial charge in [-0.05, 0) is 12.1 Å². The summed E-state index contributed by atoms with van der Waals surface area (Å²) in [6.07, 6.45) is 1.72. The number of hydrogen-bond donors (Lipinski definition) is 2. The van der Waals surface area contributed by atoms with Crippen LogP contribution < -0.4 is 25.3 Å². The Morgan fingerprint density at radius 1 is 1.00 bits per heavy atom. The monoisotopic (exact) mass is 339 g/mol. The molecule has 0 aliphatic carbocycles. The summed E-state index contributed by atoms with van der Waals surface area (Å²) >= 11 is 0. The van der Waals surface area contributed by atoms with E-state index in [0.29, 0.717) is 29.5 Å². The number of nitrogen functional groups attached to an aromatic ring is 1. The summed E-state index contributed by atoms with van der Waals surface area (Å²) in [4.78, 5) is 4.46. The van der Waals surface area contributed by atoms with Crippen molar-refractivity contribution < 1.29 is 14.2 Å². The summed E-state index contributed by atoms with van der Waals surface area (Å²) < 4.78 is 16.4. The van der Waals surface area contributed by atoms with Crippen LogP contribution >= 0.6 is 0 Å². The zero-order valence-electron chi connectivity index (χ0n) is 14.5. The maximum absolute atomic E-state index is 6.17. The molecule has 0 saturated carbocycles. The predicted molar refractivity (Wildman–Crippen MR) is 99.6 cm³/mol. The number of pyridine rings is 1. The number of fused-ring (bicyclic) bond motifs is 1. The summed E-state index contributed by atoms with van der Waals surface area (Å²) in [6, 6.07) is 11.5. The normalized spacial score (nSPS) is 10.5. The third-order valence-corrected chi connectivity index (χ3v) is 4.06. The predicted octanol–water partition coefficient (Wildman–Crippen LogP) is 3.45. The average molecular weight is 339 g/mol. The minimum absolute atomic E-state index is 0.552. The van der Waals surface area contributed by atoms with Gasteiger partial charge in [-0.3, -0.25) is 0 Å². The second-order valence-corrected chi connectivity index (χ2v) is 5.45. The van der Waals surface area contributed by atoms with Gasteiger partial charge in [0.25, 0.3) is 0 Å². The second-order valence-electron chi connectivity index (χ2n) is 5.45. The Labute approximate surface area is 146 Å². The molecule has 0 bridgehead atoms. The van der Waals surface area contributed by atoms with Crippen LogP contribution in [0.15, 0.2) is 42.6 Å². The molecule has 1 heterocycles. The Morgan fingerprint density at radius 2 is 1.76 bits per heavy atom. The number of rotatable bonds is 6. The molecule has 25 heavy (non-hydrogen) atoms. The first kappa shape index (κ1) is 16.7. The maximum Gasteiger partial charge on any atom is 0.172 e. The number of benzene rings is 2. The number of ether oxygens (including phenoxy) is 3. The molecule has 1 aromatic heterocycles. The highest BCUT2D eigenvalue weighted by atomic mass is 16.5. The van der Waals surface area contributed by atoms with Crippen molar-refractivity contribution in [2.24, 2.45) is 0 Å². The fraction of sp³-hybridized carbons (Fsp3) is 0.211. The second kappa shape index (κ2) is 7.17. The van der Waals surface area contributed by atoms with Gasteiger partial charge in [-0.15, -0.1) is 0 Å². The summed E-state index contributed by atoms with van der Waals surface area (Å²) in [7, 11) is 4.84. The molecule has 6 nitrogen and oxygen atoms in total. The summed E-state index contributed by atoms with van der Waals surface area (Å²) in [5.41, 5.74) is 7.80. The fourth-order valence-corrected chi connectivity index (χ4v) is 2.86. The molecule has 0 unspecified atom stereocenters. The van der Waals surface area contributed by atoms with Crippen LogP contribution in [0.5, 0.6) is 17.2 Å². The van der Waals surface area contributed by atoms with Gasteiger partial charge in [-0.25, -0.2) is 4.98 Å². The van der Waals surface area contributed by atoms with Crippen LogP contribution in [-0.2, 0) is 6.54 Å². The zero-order chi connectivity index (χ0) is 17.8. The van der Waals surface area contributed by atoms with Crippen LogP contribution in [-0.4, -0.2) is 26.3 Å². The van der Waals surface area contributed by atoms with E-state index in [1.807, 2.05) is 30.3 Å². The molecular formula is C19H21N3O3. The van der Waals surface area contributed by atoms with Gasteiger partial charge in [0.2, 0.25) is 0 Å². The van der Waals surface area contributed by atoms with Crippen LogP contribution in [0.4, 0.5) is 11.5 Å². The number of para-hydroxylation sites is 1. The molecule has 0 aliphatic rings. The van der Waals surface area contributed by atoms with Gasteiger partial charge in [0.05, 0.1) is 26.7 Å². The van der Waals surface area contributed by atoms with E-state index in [0.717, 1.165) is 22.1 Å². The van der Waals surface area contributed by atoms with E-state index in [4.69, 9.17) is 19.9 Å². The Balaban J connectivity index is 2.05. The van der Waals surface area contributed by atoms with Crippen molar-refractivity contribution in [3.8, 4) is 17.2 Å². The lowest BCUT2D eigenvalue weighted by Crippen LogP contribution is -2.05. The minimum Gasteiger partial charge on any atom is -0.496 e. The maximum atomic E-state index is 6.17. The van der Waals surface area contributed by atoms with Crippen molar-refractivity contribution in [2.45, 2.75) is 6.54 Å². The SMILES string of the molecule is COc1ccccc1CNc1nccc2c(N)cc(OC)c(OC)c12. The Morgan fingerprint density at radius 3 is 2.48 bits per heavy atom. The van der Waals surface area contributed by atoms with E-state index in [2.05, 4.69) is 10.3 Å². The van der Waals surface area contributed by atoms with Crippen molar-refractivity contribution in [2.75, 3.05) is 32.4 Å². The molecule has 0 amide bonds. The van der Waals surface area contributed by atoms with E-state index in [1.165, 1.54) is 0 Å². The third kappa shape index (κ3) is 3.10. The van der Waals surface area contributed by atoms with Crippen molar-refractivity contribution in [3.05, 3.63) is 48.2 Å². The Bertz CT molecular complexity index is 896. The summed E-state index contributed by atoms with van der Waals surface area (Å²) in [6.45, 7) is 0.552. The molecule has 3 aromatic rings. The quantitative estimate of drug-likeness (QED) is 0.670. The molecule has 3 N–H and O–H groups in total. The van der Waals surface area contributed by atoms with Gasteiger partial charge in [0.15, 0.2) is 11.5 Å². The number of aromatic nitrogens is 1. The van der Waals surface area contributed by atoms with Gasteiger partial charge in [0.1, 0.15) is 11.6 Å². The number of nitrogens with zero attached hydrogens (tertiary/aromatic N) is 1. The Hall–Kier alpha value is -3.15. The van der Waals surface area contributed by atoms with E-state index in [-0.39, 0.29) is 0 Å². The lowest BCUT2D eigenvalue weighted by molar-refractivity contribution is 0.359. The molecule has 0 saturated heterocycles. The van der Waals surface area contributed by atoms with Gasteiger partial charge in [-0.2, -0.15) is 0 Å². The number of anilines is 2. The molecular weight excluding hydrogens is 318 g/mol. The van der Waals surface area contributed by atoms with E-state index >= 15 is 0 Å². The molecule has 2 aromatic carbocycles. The molecule has 0 aliphatic heterocycles. The van der Waals surface area contributed by atoms with E-state index in [1.54, 1.807) is 33.6 Å². The van der Waals surface area contributed by atoms with Crippen LogP contribution in [0.3, 0.4) is 0 Å². The topological polar surface area (TPSA) is 78.6 Å².